The van der Waals surface area contributed by atoms with Crippen molar-refractivity contribution < 1.29 is 19.4 Å². The standard InChI is InChI=1S/C26H31N3O4/c1-6-23(2,3)26-25(32,14-18-21(30)28-13-7-8-17(28)22(31)29(18)26)16-10-9-15-11-12-24(4,5)33-20(15)19(16)27-26/h6,9-12,17-18,27,32H,1,7-8,13-14H2,2-5H3/t17-,18-,25-,26+/m0/s1. The lowest BCUT2D eigenvalue weighted by Gasteiger charge is -2.54. The van der Waals surface area contributed by atoms with Crippen LogP contribution in [-0.2, 0) is 15.2 Å². The number of rotatable bonds is 2. The molecule has 5 aliphatic rings. The summed E-state index contributed by atoms with van der Waals surface area (Å²) in [6.07, 6.45) is 7.42. The van der Waals surface area contributed by atoms with Gasteiger partial charge in [0.05, 0.1) is 5.69 Å². The van der Waals surface area contributed by atoms with Crippen molar-refractivity contribution in [3.63, 3.8) is 0 Å². The van der Waals surface area contributed by atoms with Crippen LogP contribution in [-0.4, -0.2) is 56.6 Å². The second-order valence-electron chi connectivity index (χ2n) is 11.2. The summed E-state index contributed by atoms with van der Waals surface area (Å²) in [5.41, 5.74) is -1.75. The Hall–Kier alpha value is -2.80. The highest BCUT2D eigenvalue weighted by Gasteiger charge is 2.76. The molecule has 7 nitrogen and oxygen atoms in total. The van der Waals surface area contributed by atoms with E-state index in [2.05, 4.69) is 11.9 Å². The normalized spacial score (nSPS) is 35.3. The molecule has 5 aliphatic heterocycles. The fourth-order valence-corrected chi connectivity index (χ4v) is 6.81. The third kappa shape index (κ3) is 2.24. The maximum atomic E-state index is 13.9. The Morgan fingerprint density at radius 1 is 1.24 bits per heavy atom. The lowest BCUT2D eigenvalue weighted by Crippen LogP contribution is -2.73. The highest BCUT2D eigenvalue weighted by Crippen LogP contribution is 2.65. The Morgan fingerprint density at radius 3 is 2.73 bits per heavy atom. The van der Waals surface area contributed by atoms with E-state index >= 15 is 0 Å². The predicted molar refractivity (Wildman–Crippen MR) is 124 cm³/mol. The first kappa shape index (κ1) is 20.8. The highest BCUT2D eigenvalue weighted by atomic mass is 16.5. The van der Waals surface area contributed by atoms with E-state index in [1.165, 1.54) is 0 Å². The minimum absolute atomic E-state index is 0.0687. The zero-order valence-corrected chi connectivity index (χ0v) is 19.6. The Balaban J connectivity index is 1.60. The van der Waals surface area contributed by atoms with Gasteiger partial charge in [-0.2, -0.15) is 0 Å². The number of fused-ring (bicyclic) bond motifs is 8. The molecule has 3 fully saturated rings. The Bertz CT molecular complexity index is 1150. The van der Waals surface area contributed by atoms with Crippen LogP contribution in [0.25, 0.3) is 6.08 Å². The first-order valence-electron chi connectivity index (χ1n) is 11.8. The van der Waals surface area contributed by atoms with Crippen molar-refractivity contribution in [1.29, 1.82) is 0 Å². The van der Waals surface area contributed by atoms with Gasteiger partial charge in [0.25, 0.3) is 0 Å². The minimum Gasteiger partial charge on any atom is -0.481 e. The van der Waals surface area contributed by atoms with Gasteiger partial charge in [-0.15, -0.1) is 6.58 Å². The van der Waals surface area contributed by atoms with Crippen molar-refractivity contribution in [1.82, 2.24) is 9.80 Å². The van der Waals surface area contributed by atoms with Crippen LogP contribution < -0.4 is 10.1 Å². The van der Waals surface area contributed by atoms with Gasteiger partial charge >= 0.3 is 0 Å². The number of ether oxygens (including phenoxy) is 1. The van der Waals surface area contributed by atoms with Crippen molar-refractivity contribution in [3.05, 3.63) is 42.0 Å². The fourth-order valence-electron chi connectivity index (χ4n) is 6.81. The van der Waals surface area contributed by atoms with Crippen molar-refractivity contribution in [2.24, 2.45) is 5.41 Å². The molecule has 5 heterocycles. The molecule has 4 atom stereocenters. The van der Waals surface area contributed by atoms with E-state index < -0.39 is 34.4 Å². The molecule has 174 valence electrons. The molecule has 2 N–H and O–H groups in total. The number of carbonyl (C=O) groups excluding carboxylic acids is 2. The van der Waals surface area contributed by atoms with Gasteiger partial charge in [-0.3, -0.25) is 9.59 Å². The van der Waals surface area contributed by atoms with Crippen molar-refractivity contribution >= 4 is 23.6 Å². The molecule has 0 bridgehead atoms. The van der Waals surface area contributed by atoms with E-state index in [0.29, 0.717) is 30.0 Å². The first-order valence-corrected chi connectivity index (χ1v) is 11.8. The van der Waals surface area contributed by atoms with Gasteiger partial charge in [-0.05, 0) is 32.8 Å². The number of hydrogen-bond donors (Lipinski definition) is 2. The molecular formula is C26H31N3O4. The topological polar surface area (TPSA) is 82.1 Å². The number of piperazine rings is 1. The third-order valence-electron chi connectivity index (χ3n) is 8.52. The van der Waals surface area contributed by atoms with Crippen LogP contribution in [0.4, 0.5) is 5.69 Å². The number of amides is 2. The molecule has 1 aromatic carbocycles. The molecule has 0 unspecified atom stereocenters. The molecule has 0 aromatic heterocycles. The van der Waals surface area contributed by atoms with Crippen LogP contribution in [0.2, 0.25) is 0 Å². The number of nitrogens with one attached hydrogen (secondary N) is 1. The Labute approximate surface area is 194 Å². The van der Waals surface area contributed by atoms with E-state index in [1.54, 1.807) is 15.9 Å². The molecule has 3 saturated heterocycles. The molecule has 1 aromatic rings. The zero-order valence-electron chi connectivity index (χ0n) is 19.6. The van der Waals surface area contributed by atoms with E-state index in [9.17, 15) is 14.7 Å². The number of carbonyl (C=O) groups is 2. The lowest BCUT2D eigenvalue weighted by molar-refractivity contribution is -0.169. The smallest absolute Gasteiger partial charge is 0.248 e. The van der Waals surface area contributed by atoms with Crippen molar-refractivity contribution in [2.75, 3.05) is 11.9 Å². The summed E-state index contributed by atoms with van der Waals surface area (Å²) in [6, 6.07) is 2.66. The molecule has 2 amide bonds. The molecule has 0 aliphatic carbocycles. The van der Waals surface area contributed by atoms with E-state index in [4.69, 9.17) is 4.74 Å². The van der Waals surface area contributed by atoms with E-state index in [0.717, 1.165) is 12.0 Å². The summed E-state index contributed by atoms with van der Waals surface area (Å²) in [6.45, 7) is 12.5. The fraction of sp³-hybridized carbons (Fsp3) is 0.538. The zero-order chi connectivity index (χ0) is 23.6. The molecule has 7 heteroatoms. The second-order valence-corrected chi connectivity index (χ2v) is 11.2. The van der Waals surface area contributed by atoms with Gasteiger partial charge in [0, 0.05) is 29.5 Å². The van der Waals surface area contributed by atoms with Crippen LogP contribution in [0.3, 0.4) is 0 Å². The average molecular weight is 450 g/mol. The first-order chi connectivity index (χ1) is 15.5. The Kier molecular flexibility index (Phi) is 3.78. The number of benzene rings is 1. The summed E-state index contributed by atoms with van der Waals surface area (Å²) < 4.78 is 6.35. The average Bonchev–Trinajstić information content (AvgIpc) is 3.41. The quantitative estimate of drug-likeness (QED) is 0.679. The van der Waals surface area contributed by atoms with Gasteiger partial charge in [-0.1, -0.05) is 38.1 Å². The van der Waals surface area contributed by atoms with Crippen LogP contribution in [0.5, 0.6) is 5.75 Å². The van der Waals surface area contributed by atoms with Crippen LogP contribution in [0.1, 0.15) is 58.1 Å². The molecule has 0 radical (unpaired) electrons. The molecule has 33 heavy (non-hydrogen) atoms. The predicted octanol–water partition coefficient (Wildman–Crippen LogP) is 3.00. The van der Waals surface area contributed by atoms with Gasteiger partial charge in [0.1, 0.15) is 23.3 Å². The van der Waals surface area contributed by atoms with E-state index in [1.807, 2.05) is 52.0 Å². The van der Waals surface area contributed by atoms with Crippen molar-refractivity contribution in [2.45, 2.75) is 75.9 Å². The number of nitrogens with zero attached hydrogens (tertiary/aromatic N) is 2. The SMILES string of the molecule is C=CC(C)(C)[C@]12Nc3c(ccc4c3OC(C)(C)C=C4)[C@@]1(O)C[C@H]1C(=O)N3CCC[C@H]3C(=O)N12. The van der Waals surface area contributed by atoms with Crippen molar-refractivity contribution in [3.8, 4) is 5.75 Å². The van der Waals surface area contributed by atoms with Gasteiger partial charge < -0.3 is 25.0 Å². The maximum Gasteiger partial charge on any atom is 0.248 e. The number of hydrogen-bond acceptors (Lipinski definition) is 5. The Morgan fingerprint density at radius 2 is 2.00 bits per heavy atom. The summed E-state index contributed by atoms with van der Waals surface area (Å²) in [4.78, 5) is 30.8. The summed E-state index contributed by atoms with van der Waals surface area (Å²) in [5.74, 6) is 0.496. The lowest BCUT2D eigenvalue weighted by atomic mass is 9.68. The molecule has 0 spiro atoms. The number of anilines is 1. The van der Waals surface area contributed by atoms with Gasteiger partial charge in [0.15, 0.2) is 11.4 Å². The summed E-state index contributed by atoms with van der Waals surface area (Å²) in [7, 11) is 0. The van der Waals surface area contributed by atoms with Crippen LogP contribution in [0, 0.1) is 5.41 Å². The highest BCUT2D eigenvalue weighted by molar-refractivity contribution is 6.00. The molecular weight excluding hydrogens is 418 g/mol. The van der Waals surface area contributed by atoms with Gasteiger partial charge in [-0.25, -0.2) is 0 Å². The van der Waals surface area contributed by atoms with Crippen LogP contribution in [0.15, 0.2) is 30.9 Å². The third-order valence-corrected chi connectivity index (χ3v) is 8.52. The number of aliphatic hydroxyl groups is 1. The van der Waals surface area contributed by atoms with E-state index in [-0.39, 0.29) is 18.2 Å². The van der Waals surface area contributed by atoms with Crippen LogP contribution >= 0.6 is 0 Å². The second kappa shape index (κ2) is 6.00. The monoisotopic (exact) mass is 449 g/mol. The minimum atomic E-state index is -1.49. The largest absolute Gasteiger partial charge is 0.481 e. The molecule has 0 saturated carbocycles. The summed E-state index contributed by atoms with van der Waals surface area (Å²) >= 11 is 0. The van der Waals surface area contributed by atoms with Gasteiger partial charge in [0.2, 0.25) is 11.8 Å². The molecule has 6 rings (SSSR count). The maximum absolute atomic E-state index is 13.9. The summed E-state index contributed by atoms with van der Waals surface area (Å²) in [5, 5.41) is 16.1.